The minimum Gasteiger partial charge on any atom is -0.462 e. The van der Waals surface area contributed by atoms with Gasteiger partial charge < -0.3 is 9.64 Å². The molecule has 0 spiro atoms. The van der Waals surface area contributed by atoms with Crippen molar-refractivity contribution in [3.05, 3.63) is 45.6 Å². The molecule has 2 aliphatic rings. The van der Waals surface area contributed by atoms with Gasteiger partial charge in [0.1, 0.15) is 5.57 Å². The zero-order valence-corrected chi connectivity index (χ0v) is 14.2. The predicted octanol–water partition coefficient (Wildman–Crippen LogP) is 3.16. The number of Topliss-reactive ketones (excluding diaryl/α,β-unsaturated/α-hetero) is 1. The third-order valence-electron chi connectivity index (χ3n) is 4.30. The molecule has 0 saturated carbocycles. The second-order valence-electron chi connectivity index (χ2n) is 5.75. The highest BCUT2D eigenvalue weighted by Gasteiger charge is 2.38. The number of nitrogens with zero attached hydrogens (tertiary/aromatic N) is 1. The third kappa shape index (κ3) is 2.58. The maximum atomic E-state index is 12.3. The molecular weight excluding hydrogens is 346 g/mol. The summed E-state index contributed by atoms with van der Waals surface area (Å²) in [6.07, 6.45) is 2.92. The number of halogens is 1. The molecule has 116 valence electrons. The van der Waals surface area contributed by atoms with E-state index < -0.39 is 5.97 Å². The van der Waals surface area contributed by atoms with Gasteiger partial charge in [-0.2, -0.15) is 0 Å². The molecule has 2 aliphatic heterocycles. The Morgan fingerprint density at radius 3 is 2.91 bits per heavy atom. The van der Waals surface area contributed by atoms with Crippen LogP contribution in [0.25, 0.3) is 0 Å². The molecule has 0 aliphatic carbocycles. The molecule has 3 rings (SSSR count). The molecule has 5 heteroatoms. The summed E-state index contributed by atoms with van der Waals surface area (Å²) >= 11 is 3.50. The SMILES string of the molecule is CCOC(=O)C1=CN2C(C)Cc3cc(Br)ccc3C2CC1=O. The monoisotopic (exact) mass is 363 g/mol. The summed E-state index contributed by atoms with van der Waals surface area (Å²) in [7, 11) is 0. The first-order chi connectivity index (χ1) is 10.5. The van der Waals surface area contributed by atoms with E-state index in [1.807, 2.05) is 6.07 Å². The highest BCUT2D eigenvalue weighted by molar-refractivity contribution is 9.10. The largest absolute Gasteiger partial charge is 0.462 e. The molecule has 1 aromatic carbocycles. The zero-order valence-electron chi connectivity index (χ0n) is 12.6. The molecule has 2 atom stereocenters. The molecule has 0 amide bonds. The van der Waals surface area contributed by atoms with E-state index in [0.717, 1.165) is 10.9 Å². The van der Waals surface area contributed by atoms with Crippen molar-refractivity contribution < 1.29 is 14.3 Å². The summed E-state index contributed by atoms with van der Waals surface area (Å²) in [4.78, 5) is 26.4. The van der Waals surface area contributed by atoms with Crippen molar-refractivity contribution in [2.75, 3.05) is 6.61 Å². The van der Waals surface area contributed by atoms with Gasteiger partial charge in [0.05, 0.1) is 12.6 Å². The van der Waals surface area contributed by atoms with E-state index in [1.165, 1.54) is 11.1 Å². The second kappa shape index (κ2) is 5.88. The standard InChI is InChI=1S/C17H18BrNO3/c1-3-22-17(21)14-9-19-10(2)6-11-7-12(18)4-5-13(11)15(19)8-16(14)20/h4-5,7,9-10,15H,3,6,8H2,1-2H3. The van der Waals surface area contributed by atoms with Gasteiger partial charge in [-0.25, -0.2) is 4.79 Å². The van der Waals surface area contributed by atoms with Crippen LogP contribution in [0.4, 0.5) is 0 Å². The number of hydrogen-bond acceptors (Lipinski definition) is 4. The van der Waals surface area contributed by atoms with Gasteiger partial charge in [0.2, 0.25) is 0 Å². The van der Waals surface area contributed by atoms with Gasteiger partial charge in [0, 0.05) is 23.1 Å². The minimum absolute atomic E-state index is 0.0116. The summed E-state index contributed by atoms with van der Waals surface area (Å²) < 4.78 is 6.04. The van der Waals surface area contributed by atoms with Gasteiger partial charge in [-0.05, 0) is 43.5 Å². The number of ether oxygens (including phenoxy) is 1. The zero-order chi connectivity index (χ0) is 15.9. The quantitative estimate of drug-likeness (QED) is 0.598. The van der Waals surface area contributed by atoms with E-state index in [-0.39, 0.29) is 30.0 Å². The van der Waals surface area contributed by atoms with E-state index in [9.17, 15) is 9.59 Å². The number of ketones is 1. The van der Waals surface area contributed by atoms with Crippen LogP contribution in [-0.4, -0.2) is 29.3 Å². The Hall–Kier alpha value is -1.62. The highest BCUT2D eigenvalue weighted by Crippen LogP contribution is 2.40. The lowest BCUT2D eigenvalue weighted by Gasteiger charge is -2.43. The summed E-state index contributed by atoms with van der Waals surface area (Å²) in [6.45, 7) is 4.14. The molecule has 2 unspecified atom stereocenters. The number of esters is 1. The minimum atomic E-state index is -0.514. The Morgan fingerprint density at radius 2 is 2.18 bits per heavy atom. The van der Waals surface area contributed by atoms with Gasteiger partial charge in [-0.3, -0.25) is 4.79 Å². The molecule has 1 aromatic rings. The Kier molecular flexibility index (Phi) is 4.08. The van der Waals surface area contributed by atoms with Crippen LogP contribution >= 0.6 is 15.9 Å². The Bertz CT molecular complexity index is 668. The lowest BCUT2D eigenvalue weighted by Crippen LogP contribution is -2.43. The number of benzene rings is 1. The molecule has 0 aromatic heterocycles. The number of carbonyl (C=O) groups is 2. The van der Waals surface area contributed by atoms with Crippen molar-refractivity contribution in [3.63, 3.8) is 0 Å². The van der Waals surface area contributed by atoms with Crippen molar-refractivity contribution in [2.24, 2.45) is 0 Å². The molecule has 0 fully saturated rings. The summed E-state index contributed by atoms with van der Waals surface area (Å²) in [5.74, 6) is -0.651. The molecule has 0 radical (unpaired) electrons. The van der Waals surface area contributed by atoms with Crippen molar-refractivity contribution in [1.82, 2.24) is 4.90 Å². The molecule has 0 saturated heterocycles. The van der Waals surface area contributed by atoms with Gasteiger partial charge in [0.15, 0.2) is 5.78 Å². The number of fused-ring (bicyclic) bond motifs is 3. The first-order valence-electron chi connectivity index (χ1n) is 7.49. The van der Waals surface area contributed by atoms with Gasteiger partial charge in [-0.15, -0.1) is 0 Å². The van der Waals surface area contributed by atoms with E-state index >= 15 is 0 Å². The van der Waals surface area contributed by atoms with Crippen LogP contribution in [0.2, 0.25) is 0 Å². The maximum absolute atomic E-state index is 12.3. The second-order valence-corrected chi connectivity index (χ2v) is 6.67. The maximum Gasteiger partial charge on any atom is 0.343 e. The number of carbonyl (C=O) groups excluding carboxylic acids is 2. The van der Waals surface area contributed by atoms with Crippen LogP contribution < -0.4 is 0 Å². The third-order valence-corrected chi connectivity index (χ3v) is 4.79. The average molecular weight is 364 g/mol. The van der Waals surface area contributed by atoms with Crippen molar-refractivity contribution >= 4 is 27.7 Å². The Labute approximate surface area is 138 Å². The van der Waals surface area contributed by atoms with Crippen LogP contribution in [-0.2, 0) is 20.7 Å². The van der Waals surface area contributed by atoms with Crippen LogP contribution in [0.1, 0.15) is 37.4 Å². The van der Waals surface area contributed by atoms with Crippen LogP contribution in [0.3, 0.4) is 0 Å². The smallest absolute Gasteiger partial charge is 0.343 e. The van der Waals surface area contributed by atoms with Gasteiger partial charge in [0.25, 0.3) is 0 Å². The van der Waals surface area contributed by atoms with Crippen LogP contribution in [0.15, 0.2) is 34.4 Å². The van der Waals surface area contributed by atoms with E-state index in [4.69, 9.17) is 4.74 Å². The first-order valence-corrected chi connectivity index (χ1v) is 8.28. The van der Waals surface area contributed by atoms with Crippen molar-refractivity contribution in [1.29, 1.82) is 0 Å². The first kappa shape index (κ1) is 15.3. The van der Waals surface area contributed by atoms with E-state index in [2.05, 4.69) is 39.9 Å². The Morgan fingerprint density at radius 1 is 1.41 bits per heavy atom. The van der Waals surface area contributed by atoms with E-state index in [1.54, 1.807) is 13.1 Å². The Balaban J connectivity index is 1.99. The van der Waals surface area contributed by atoms with Gasteiger partial charge >= 0.3 is 5.97 Å². The topological polar surface area (TPSA) is 46.6 Å². The average Bonchev–Trinajstić information content (AvgIpc) is 2.46. The lowest BCUT2D eigenvalue weighted by molar-refractivity contribution is -0.140. The molecule has 4 nitrogen and oxygen atoms in total. The molecular formula is C17H18BrNO3. The molecule has 0 N–H and O–H groups in total. The van der Waals surface area contributed by atoms with Crippen LogP contribution in [0.5, 0.6) is 0 Å². The number of rotatable bonds is 2. The summed E-state index contributed by atoms with van der Waals surface area (Å²) in [5.41, 5.74) is 2.61. The highest BCUT2D eigenvalue weighted by atomic mass is 79.9. The molecule has 0 bridgehead atoms. The van der Waals surface area contributed by atoms with Gasteiger partial charge in [-0.1, -0.05) is 22.0 Å². The van der Waals surface area contributed by atoms with Crippen molar-refractivity contribution in [2.45, 2.75) is 38.8 Å². The predicted molar refractivity (Wildman–Crippen MR) is 86.2 cm³/mol. The van der Waals surface area contributed by atoms with Crippen LogP contribution in [0, 0.1) is 0 Å². The molecule has 2 heterocycles. The summed E-state index contributed by atoms with van der Waals surface area (Å²) in [6, 6.07) is 6.45. The van der Waals surface area contributed by atoms with Crippen molar-refractivity contribution in [3.8, 4) is 0 Å². The lowest BCUT2D eigenvalue weighted by atomic mass is 9.83. The fourth-order valence-corrected chi connectivity index (χ4v) is 3.69. The number of hydrogen-bond donors (Lipinski definition) is 0. The summed E-state index contributed by atoms with van der Waals surface area (Å²) in [5, 5.41) is 0. The molecule has 22 heavy (non-hydrogen) atoms. The fourth-order valence-electron chi connectivity index (χ4n) is 3.28. The van der Waals surface area contributed by atoms with E-state index in [0.29, 0.717) is 6.42 Å². The normalized spacial score (nSPS) is 23.5. The fraction of sp³-hybridized carbons (Fsp3) is 0.412.